The molecular weight excluding hydrogens is 428 g/mol. The molecule has 32 heavy (non-hydrogen) atoms. The number of fused-ring (bicyclic) bond motifs is 1. The summed E-state index contributed by atoms with van der Waals surface area (Å²) in [6, 6.07) is 8.48. The molecule has 1 aromatic heterocycles. The Balaban J connectivity index is 1.92. The minimum absolute atomic E-state index is 0.180. The number of aryl methyl sites for hydroxylation is 4. The number of sulfonamides is 1. The van der Waals surface area contributed by atoms with Crippen LogP contribution in [0.1, 0.15) is 30.4 Å². The van der Waals surface area contributed by atoms with Crippen molar-refractivity contribution in [1.29, 1.82) is 0 Å². The van der Waals surface area contributed by atoms with E-state index in [4.69, 9.17) is 0 Å². The van der Waals surface area contributed by atoms with E-state index in [9.17, 15) is 18.0 Å². The molecule has 170 valence electrons. The van der Waals surface area contributed by atoms with Gasteiger partial charge in [-0.2, -0.15) is 0 Å². The Kier molecular flexibility index (Phi) is 5.62. The largest absolute Gasteiger partial charge is 0.370 e. The average Bonchev–Trinajstić information content (AvgIpc) is 2.78. The van der Waals surface area contributed by atoms with Gasteiger partial charge in [0.2, 0.25) is 0 Å². The quantitative estimate of drug-likeness (QED) is 0.609. The fourth-order valence-corrected chi connectivity index (χ4v) is 5.32. The molecule has 0 saturated carbocycles. The first-order valence-electron chi connectivity index (χ1n) is 10.7. The molecule has 9 heteroatoms. The van der Waals surface area contributed by atoms with Crippen molar-refractivity contribution in [3.63, 3.8) is 0 Å². The fraction of sp³-hybridized carbons (Fsp3) is 0.391. The zero-order valence-electron chi connectivity index (χ0n) is 18.8. The van der Waals surface area contributed by atoms with Crippen LogP contribution in [0, 0.1) is 13.8 Å². The summed E-state index contributed by atoms with van der Waals surface area (Å²) < 4.78 is 31.9. The van der Waals surface area contributed by atoms with Crippen LogP contribution in [0.4, 0.5) is 11.4 Å². The zero-order chi connectivity index (χ0) is 23.2. The molecule has 0 bridgehead atoms. The highest BCUT2D eigenvalue weighted by molar-refractivity contribution is 7.92. The maximum atomic E-state index is 13.3. The lowest BCUT2D eigenvalue weighted by molar-refractivity contribution is 0.578. The third-order valence-corrected chi connectivity index (χ3v) is 7.70. The first-order valence-corrected chi connectivity index (χ1v) is 12.2. The van der Waals surface area contributed by atoms with E-state index < -0.39 is 21.1 Å². The third-order valence-electron chi connectivity index (χ3n) is 6.34. The van der Waals surface area contributed by atoms with Gasteiger partial charge in [0, 0.05) is 27.2 Å². The van der Waals surface area contributed by atoms with Crippen molar-refractivity contribution >= 4 is 32.4 Å². The molecule has 4 rings (SSSR count). The molecule has 0 atom stereocenters. The minimum atomic E-state index is -3.86. The number of benzene rings is 2. The SMILES string of the molecule is Cc1ccc(S(=O)(=O)Nc2cc3c(cc2N2CCCCC2)n(C)c(=O)c(=O)n3C)cc1C. The number of anilines is 2. The maximum Gasteiger partial charge on any atom is 0.316 e. The zero-order valence-corrected chi connectivity index (χ0v) is 19.6. The van der Waals surface area contributed by atoms with Gasteiger partial charge in [0.05, 0.1) is 27.3 Å². The van der Waals surface area contributed by atoms with E-state index in [-0.39, 0.29) is 4.90 Å². The predicted molar refractivity (Wildman–Crippen MR) is 127 cm³/mol. The van der Waals surface area contributed by atoms with Gasteiger partial charge in [-0.15, -0.1) is 0 Å². The maximum absolute atomic E-state index is 13.3. The molecule has 1 N–H and O–H groups in total. The Bertz CT molecular complexity index is 1430. The molecule has 0 radical (unpaired) electrons. The van der Waals surface area contributed by atoms with Gasteiger partial charge in [-0.3, -0.25) is 14.3 Å². The molecule has 2 aromatic carbocycles. The summed E-state index contributed by atoms with van der Waals surface area (Å²) in [5.74, 6) is 0. The second-order valence-electron chi connectivity index (χ2n) is 8.49. The van der Waals surface area contributed by atoms with Gasteiger partial charge in [0.1, 0.15) is 0 Å². The van der Waals surface area contributed by atoms with Crippen molar-refractivity contribution in [3.05, 3.63) is 62.2 Å². The number of hydrogen-bond acceptors (Lipinski definition) is 5. The number of nitrogens with zero attached hydrogens (tertiary/aromatic N) is 3. The van der Waals surface area contributed by atoms with Crippen LogP contribution >= 0.6 is 0 Å². The van der Waals surface area contributed by atoms with Crippen molar-refractivity contribution in [3.8, 4) is 0 Å². The molecule has 1 aliphatic heterocycles. The van der Waals surface area contributed by atoms with Crippen molar-refractivity contribution in [2.75, 3.05) is 22.7 Å². The third kappa shape index (κ3) is 3.81. The van der Waals surface area contributed by atoms with Crippen LogP contribution in [0.3, 0.4) is 0 Å². The van der Waals surface area contributed by atoms with Crippen LogP contribution in [0.5, 0.6) is 0 Å². The summed E-state index contributed by atoms with van der Waals surface area (Å²) in [4.78, 5) is 27.0. The molecule has 0 spiro atoms. The summed E-state index contributed by atoms with van der Waals surface area (Å²) in [5, 5.41) is 0. The lowest BCUT2D eigenvalue weighted by Gasteiger charge is -2.31. The Morgan fingerprint density at radius 2 is 1.41 bits per heavy atom. The van der Waals surface area contributed by atoms with E-state index in [0.717, 1.165) is 43.5 Å². The van der Waals surface area contributed by atoms with Crippen LogP contribution in [0.25, 0.3) is 11.0 Å². The smallest absolute Gasteiger partial charge is 0.316 e. The number of nitrogens with one attached hydrogen (secondary N) is 1. The number of rotatable bonds is 4. The highest BCUT2D eigenvalue weighted by atomic mass is 32.2. The van der Waals surface area contributed by atoms with Gasteiger partial charge in [-0.25, -0.2) is 8.42 Å². The molecule has 2 heterocycles. The molecule has 8 nitrogen and oxygen atoms in total. The molecule has 1 fully saturated rings. The van der Waals surface area contributed by atoms with E-state index in [0.29, 0.717) is 22.4 Å². The van der Waals surface area contributed by atoms with Crippen molar-refractivity contribution < 1.29 is 8.42 Å². The number of piperidine rings is 1. The van der Waals surface area contributed by atoms with E-state index in [1.807, 2.05) is 13.8 Å². The summed E-state index contributed by atoms with van der Waals surface area (Å²) in [7, 11) is -0.774. The van der Waals surface area contributed by atoms with Crippen LogP contribution < -0.4 is 20.7 Å². The van der Waals surface area contributed by atoms with Crippen molar-refractivity contribution in [1.82, 2.24) is 9.13 Å². The molecule has 0 unspecified atom stereocenters. The van der Waals surface area contributed by atoms with Crippen molar-refractivity contribution in [2.45, 2.75) is 38.0 Å². The molecule has 1 saturated heterocycles. The van der Waals surface area contributed by atoms with Gasteiger partial charge >= 0.3 is 11.1 Å². The van der Waals surface area contributed by atoms with Crippen LogP contribution in [0.15, 0.2) is 44.8 Å². The second-order valence-corrected chi connectivity index (χ2v) is 10.2. The Hall–Kier alpha value is -3.07. The van der Waals surface area contributed by atoms with E-state index in [1.165, 1.54) is 16.2 Å². The Morgan fingerprint density at radius 1 is 0.812 bits per heavy atom. The van der Waals surface area contributed by atoms with Gasteiger partial charge in [0.15, 0.2) is 0 Å². The Morgan fingerprint density at radius 3 is 2.00 bits per heavy atom. The monoisotopic (exact) mass is 456 g/mol. The first kappa shape index (κ1) is 22.1. The predicted octanol–water partition coefficient (Wildman–Crippen LogP) is 2.65. The minimum Gasteiger partial charge on any atom is -0.370 e. The van der Waals surface area contributed by atoms with Gasteiger partial charge in [-0.1, -0.05) is 6.07 Å². The van der Waals surface area contributed by atoms with Gasteiger partial charge in [0.25, 0.3) is 10.0 Å². The summed E-state index contributed by atoms with van der Waals surface area (Å²) in [5.41, 5.74) is 2.79. The topological polar surface area (TPSA) is 93.4 Å². The van der Waals surface area contributed by atoms with Gasteiger partial charge < -0.3 is 14.0 Å². The lowest BCUT2D eigenvalue weighted by Crippen LogP contribution is -2.39. The van der Waals surface area contributed by atoms with Crippen molar-refractivity contribution in [2.24, 2.45) is 14.1 Å². The normalized spacial score (nSPS) is 14.7. The molecule has 1 aliphatic rings. The van der Waals surface area contributed by atoms with Gasteiger partial charge in [-0.05, 0) is 68.5 Å². The van der Waals surface area contributed by atoms with Crippen LogP contribution in [-0.2, 0) is 24.1 Å². The van der Waals surface area contributed by atoms with Crippen LogP contribution in [-0.4, -0.2) is 30.6 Å². The molecule has 0 aliphatic carbocycles. The summed E-state index contributed by atoms with van der Waals surface area (Å²) in [6.45, 7) is 5.40. The average molecular weight is 457 g/mol. The van der Waals surface area contributed by atoms with E-state index >= 15 is 0 Å². The standard InChI is InChI=1S/C23H28N4O4S/c1-15-8-9-17(12-16(15)2)32(30,31)24-18-13-20-21(26(4)23(29)22(28)25(20)3)14-19(18)27-10-6-5-7-11-27/h8-9,12-14,24H,5-7,10-11H2,1-4H3. The highest BCUT2D eigenvalue weighted by Gasteiger charge is 2.22. The molecular formula is C23H28N4O4S. The highest BCUT2D eigenvalue weighted by Crippen LogP contribution is 2.34. The summed E-state index contributed by atoms with van der Waals surface area (Å²) >= 11 is 0. The lowest BCUT2D eigenvalue weighted by atomic mass is 10.1. The second kappa shape index (κ2) is 8.12. The summed E-state index contributed by atoms with van der Waals surface area (Å²) in [6.07, 6.45) is 3.14. The molecule has 0 amide bonds. The number of hydrogen-bond donors (Lipinski definition) is 1. The fourth-order valence-electron chi connectivity index (χ4n) is 4.17. The van der Waals surface area contributed by atoms with E-state index in [2.05, 4.69) is 9.62 Å². The van der Waals surface area contributed by atoms with E-state index in [1.54, 1.807) is 37.4 Å². The van der Waals surface area contributed by atoms with Crippen LogP contribution in [0.2, 0.25) is 0 Å². The molecule has 3 aromatic rings. The number of aromatic nitrogens is 2. The Labute approximate surface area is 187 Å². The first-order chi connectivity index (χ1) is 15.1.